The van der Waals surface area contributed by atoms with Crippen molar-refractivity contribution in [1.29, 1.82) is 0 Å². The molecular weight excluding hydrogens is 660 g/mol. The number of piperazine rings is 1. The maximum Gasteiger partial charge on any atom is 0.435 e. The molecule has 2 saturated heterocycles. The minimum atomic E-state index is -4.68. The van der Waals surface area contributed by atoms with Gasteiger partial charge in [0, 0.05) is 57.6 Å². The Morgan fingerprint density at radius 2 is 1.72 bits per heavy atom. The van der Waals surface area contributed by atoms with Gasteiger partial charge in [0.05, 0.1) is 28.0 Å². The number of nitrogens with one attached hydrogen (secondary N) is 2. The van der Waals surface area contributed by atoms with E-state index in [0.29, 0.717) is 38.6 Å². The van der Waals surface area contributed by atoms with Gasteiger partial charge in [-0.15, -0.1) is 12.4 Å². The lowest BCUT2D eigenvalue weighted by atomic mass is 9.85. The first kappa shape index (κ1) is 34.7. The normalized spacial score (nSPS) is 17.6. The van der Waals surface area contributed by atoms with E-state index in [2.05, 4.69) is 20.7 Å². The number of amides is 3. The monoisotopic (exact) mass is 696 g/mol. The number of alkyl halides is 3. The fourth-order valence-corrected chi connectivity index (χ4v) is 6.56. The molecule has 1 aliphatic carbocycles. The second-order valence-corrected chi connectivity index (χ2v) is 12.6. The second-order valence-electron chi connectivity index (χ2n) is 12.2. The molecule has 254 valence electrons. The van der Waals surface area contributed by atoms with Crippen molar-refractivity contribution < 1.29 is 27.6 Å². The molecule has 16 heteroatoms. The third kappa shape index (κ3) is 7.44. The van der Waals surface area contributed by atoms with Crippen LogP contribution in [0, 0.1) is 11.8 Å². The van der Waals surface area contributed by atoms with E-state index < -0.39 is 17.8 Å². The van der Waals surface area contributed by atoms with E-state index in [9.17, 15) is 27.6 Å². The third-order valence-corrected chi connectivity index (χ3v) is 9.50. The molecule has 3 amide bonds. The molecule has 1 saturated carbocycles. The minimum Gasteiger partial charge on any atom is -0.339 e. The summed E-state index contributed by atoms with van der Waals surface area (Å²) < 4.78 is 44.3. The Bertz CT molecular complexity index is 1620. The number of hydrogen-bond acceptors (Lipinski definition) is 6. The van der Waals surface area contributed by atoms with Crippen LogP contribution in [0.2, 0.25) is 5.02 Å². The molecule has 2 aromatic heterocycles. The molecule has 3 fully saturated rings. The zero-order valence-corrected chi connectivity index (χ0v) is 27.4. The molecule has 2 N–H and O–H groups in total. The van der Waals surface area contributed by atoms with E-state index >= 15 is 0 Å². The standard InChI is InChI=1S/C31H36ClF3N8O3.ClH/c1-40-25(23-18-43(17-19-3-2-4-19)39-26(23)31(33,34)35)16-37-27(40)28(44)38-21-5-6-22(24(32)15-21)30(46)42-13-11-41(12-14-42)29(45)20-7-9-36-10-8-20;/h5-6,15-16,18-20,36H,2-4,7-14,17H2,1H3,(H,38,44);1H. The topological polar surface area (TPSA) is 117 Å². The molecule has 11 nitrogen and oxygen atoms in total. The van der Waals surface area contributed by atoms with E-state index in [4.69, 9.17) is 11.6 Å². The lowest BCUT2D eigenvalue weighted by molar-refractivity contribution is -0.141. The number of imidazole rings is 1. The highest BCUT2D eigenvalue weighted by Gasteiger charge is 2.39. The van der Waals surface area contributed by atoms with Crippen molar-refractivity contribution in [2.24, 2.45) is 18.9 Å². The number of nitrogens with zero attached hydrogens (tertiary/aromatic N) is 6. The van der Waals surface area contributed by atoms with E-state index in [-0.39, 0.29) is 63.5 Å². The largest absolute Gasteiger partial charge is 0.435 e. The number of benzene rings is 1. The summed E-state index contributed by atoms with van der Waals surface area (Å²) in [5.41, 5.74) is -0.519. The van der Waals surface area contributed by atoms with E-state index in [0.717, 1.165) is 45.2 Å². The average molecular weight is 698 g/mol. The maximum absolute atomic E-state index is 13.9. The van der Waals surface area contributed by atoms with Crippen molar-refractivity contribution >= 4 is 47.4 Å². The van der Waals surface area contributed by atoms with Crippen LogP contribution in [0.15, 0.2) is 30.6 Å². The van der Waals surface area contributed by atoms with Gasteiger partial charge in [-0.25, -0.2) is 4.98 Å². The SMILES string of the molecule is Cl.Cn1c(-c2cn(CC3CCC3)nc2C(F)(F)F)cnc1C(=O)Nc1ccc(C(=O)N2CCN(C(=O)C3CCNCC3)CC2)c(Cl)c1. The van der Waals surface area contributed by atoms with Crippen LogP contribution in [-0.2, 0) is 24.6 Å². The van der Waals surface area contributed by atoms with E-state index in [1.165, 1.54) is 46.9 Å². The molecule has 3 aliphatic rings. The van der Waals surface area contributed by atoms with Gasteiger partial charge in [-0.3, -0.25) is 19.1 Å². The predicted octanol–water partition coefficient (Wildman–Crippen LogP) is 4.71. The van der Waals surface area contributed by atoms with Crippen LogP contribution in [0.5, 0.6) is 0 Å². The molecule has 0 unspecified atom stereocenters. The first-order valence-electron chi connectivity index (χ1n) is 15.6. The average Bonchev–Trinajstić information content (AvgIpc) is 3.62. The zero-order valence-electron chi connectivity index (χ0n) is 25.9. The number of piperidine rings is 1. The van der Waals surface area contributed by atoms with Gasteiger partial charge >= 0.3 is 6.18 Å². The van der Waals surface area contributed by atoms with Crippen LogP contribution in [0.3, 0.4) is 0 Å². The summed E-state index contributed by atoms with van der Waals surface area (Å²) in [6, 6.07) is 4.49. The molecule has 0 atom stereocenters. The Balaban J connectivity index is 0.00000433. The number of carbonyl (C=O) groups is 3. The zero-order chi connectivity index (χ0) is 32.6. The molecule has 6 rings (SSSR count). The van der Waals surface area contributed by atoms with E-state index in [1.54, 1.807) is 4.90 Å². The Kier molecular flexibility index (Phi) is 10.5. The Hall–Kier alpha value is -3.62. The summed E-state index contributed by atoms with van der Waals surface area (Å²) in [4.78, 5) is 46.9. The molecule has 1 aromatic carbocycles. The van der Waals surface area contributed by atoms with Gasteiger partial charge in [0.25, 0.3) is 11.8 Å². The van der Waals surface area contributed by atoms with Crippen LogP contribution in [0.4, 0.5) is 18.9 Å². The van der Waals surface area contributed by atoms with Gasteiger partial charge in [-0.1, -0.05) is 18.0 Å². The summed E-state index contributed by atoms with van der Waals surface area (Å²) >= 11 is 6.48. The van der Waals surface area contributed by atoms with Crippen molar-refractivity contribution in [1.82, 2.24) is 34.4 Å². The Morgan fingerprint density at radius 1 is 1.04 bits per heavy atom. The second kappa shape index (κ2) is 14.2. The van der Waals surface area contributed by atoms with Gasteiger partial charge in [-0.05, 0) is 62.9 Å². The Morgan fingerprint density at radius 3 is 2.34 bits per heavy atom. The van der Waals surface area contributed by atoms with Gasteiger partial charge < -0.3 is 25.0 Å². The Labute approximate surface area is 281 Å². The minimum absolute atomic E-state index is 0. The van der Waals surface area contributed by atoms with E-state index in [1.807, 2.05) is 4.90 Å². The molecule has 0 radical (unpaired) electrons. The first-order chi connectivity index (χ1) is 22.0. The van der Waals surface area contributed by atoms with Crippen molar-refractivity contribution in [2.45, 2.75) is 44.8 Å². The van der Waals surface area contributed by atoms with Crippen molar-refractivity contribution in [3.63, 3.8) is 0 Å². The number of aromatic nitrogens is 4. The molecule has 2 aliphatic heterocycles. The van der Waals surface area contributed by atoms with Gasteiger partial charge in [-0.2, -0.15) is 18.3 Å². The highest BCUT2D eigenvalue weighted by Crippen LogP contribution is 2.37. The molecule has 47 heavy (non-hydrogen) atoms. The van der Waals surface area contributed by atoms with Crippen LogP contribution in [0.1, 0.15) is 58.8 Å². The molecule has 4 heterocycles. The van der Waals surface area contributed by atoms with Crippen LogP contribution in [-0.4, -0.2) is 86.1 Å². The predicted molar refractivity (Wildman–Crippen MR) is 172 cm³/mol. The lowest BCUT2D eigenvalue weighted by Gasteiger charge is -2.37. The maximum atomic E-state index is 13.9. The van der Waals surface area contributed by atoms with Crippen LogP contribution >= 0.6 is 24.0 Å². The fourth-order valence-electron chi connectivity index (χ4n) is 6.30. The summed E-state index contributed by atoms with van der Waals surface area (Å²) in [7, 11) is 1.47. The molecule has 0 spiro atoms. The number of carbonyl (C=O) groups excluding carboxylic acids is 3. The van der Waals surface area contributed by atoms with Crippen LogP contribution < -0.4 is 10.6 Å². The summed E-state index contributed by atoms with van der Waals surface area (Å²) in [6.45, 7) is 3.77. The quantitative estimate of drug-likeness (QED) is 0.370. The van der Waals surface area contributed by atoms with Crippen molar-refractivity contribution in [3.8, 4) is 11.3 Å². The summed E-state index contributed by atoms with van der Waals surface area (Å²) in [6.07, 6.45) is 2.54. The smallest absolute Gasteiger partial charge is 0.339 e. The summed E-state index contributed by atoms with van der Waals surface area (Å²) in [5.74, 6) is -0.566. The number of anilines is 1. The molecule has 0 bridgehead atoms. The molecule has 3 aromatic rings. The number of halogens is 5. The number of hydrogen-bond donors (Lipinski definition) is 2. The van der Waals surface area contributed by atoms with Crippen molar-refractivity contribution in [3.05, 3.63) is 52.7 Å². The number of rotatable bonds is 7. The van der Waals surface area contributed by atoms with Gasteiger partial charge in [0.2, 0.25) is 5.91 Å². The molecular formula is C31H37Cl2F3N8O3. The third-order valence-electron chi connectivity index (χ3n) is 9.19. The van der Waals surface area contributed by atoms with Gasteiger partial charge in [0.15, 0.2) is 11.5 Å². The highest BCUT2D eigenvalue weighted by molar-refractivity contribution is 6.34. The summed E-state index contributed by atoms with van der Waals surface area (Å²) in [5, 5.41) is 9.89. The van der Waals surface area contributed by atoms with Gasteiger partial charge in [0.1, 0.15) is 0 Å². The fraction of sp³-hybridized carbons (Fsp3) is 0.516. The first-order valence-corrected chi connectivity index (χ1v) is 15.9. The highest BCUT2D eigenvalue weighted by atomic mass is 35.5. The van der Waals surface area contributed by atoms with Crippen LogP contribution in [0.25, 0.3) is 11.3 Å². The lowest BCUT2D eigenvalue weighted by Crippen LogP contribution is -2.52. The van der Waals surface area contributed by atoms with Crippen molar-refractivity contribution in [2.75, 3.05) is 44.6 Å².